The zero-order valence-electron chi connectivity index (χ0n) is 17.9. The summed E-state index contributed by atoms with van der Waals surface area (Å²) in [4.78, 5) is 22.3. The van der Waals surface area contributed by atoms with Gasteiger partial charge >= 0.3 is 6.09 Å². The lowest BCUT2D eigenvalue weighted by Gasteiger charge is -2.34. The lowest BCUT2D eigenvalue weighted by Crippen LogP contribution is -2.38. The molecule has 8 heteroatoms. The van der Waals surface area contributed by atoms with Crippen LogP contribution in [0.3, 0.4) is 0 Å². The average molecular weight is 443 g/mol. The molecule has 4 aromatic rings. The largest absolute Gasteiger partial charge is 0.441 e. The summed E-state index contributed by atoms with van der Waals surface area (Å²) in [6.07, 6.45) is 6.09. The Morgan fingerprint density at radius 3 is 2.70 bits per heavy atom. The van der Waals surface area contributed by atoms with Crippen molar-refractivity contribution in [2.45, 2.75) is 37.2 Å². The fourth-order valence-corrected chi connectivity index (χ4v) is 5.02. The Labute approximate surface area is 189 Å². The molecule has 7 nitrogen and oxygen atoms in total. The molecular weight excluding hydrogens is 421 g/mol. The minimum absolute atomic E-state index is 0.260. The van der Waals surface area contributed by atoms with E-state index in [-0.39, 0.29) is 11.6 Å². The third-order valence-corrected chi connectivity index (χ3v) is 6.82. The van der Waals surface area contributed by atoms with Crippen LogP contribution in [0, 0.1) is 5.82 Å². The van der Waals surface area contributed by atoms with Crippen molar-refractivity contribution in [3.8, 4) is 11.1 Å². The van der Waals surface area contributed by atoms with Crippen LogP contribution >= 0.6 is 0 Å². The lowest BCUT2D eigenvalue weighted by atomic mass is 9.78. The summed E-state index contributed by atoms with van der Waals surface area (Å²) < 4.78 is 20.0. The number of para-hydroxylation sites is 1. The van der Waals surface area contributed by atoms with Crippen LogP contribution in [0.2, 0.25) is 0 Å². The lowest BCUT2D eigenvalue weighted by molar-refractivity contribution is 0.0208. The second kappa shape index (κ2) is 7.65. The highest BCUT2D eigenvalue weighted by atomic mass is 19.1. The van der Waals surface area contributed by atoms with Crippen molar-refractivity contribution in [3.63, 3.8) is 0 Å². The predicted octanol–water partition coefficient (Wildman–Crippen LogP) is 5.21. The third kappa shape index (κ3) is 3.51. The number of halogens is 1. The molecule has 3 heterocycles. The zero-order valence-corrected chi connectivity index (χ0v) is 17.9. The average Bonchev–Trinajstić information content (AvgIpc) is 3.41. The fraction of sp³-hybridized carbons (Fsp3) is 0.280. The molecule has 1 amide bonds. The maximum atomic E-state index is 14.2. The first-order valence-electron chi connectivity index (χ1n) is 11.1. The minimum atomic E-state index is -0.566. The SMILES string of the molecule is O=C1OC2(CCC(c3nc4ccc(-c5ccnnc5)cc4[nH]3)CC2)CN1c1ccccc1F. The molecule has 33 heavy (non-hydrogen) atoms. The van der Waals surface area contributed by atoms with Gasteiger partial charge in [0.1, 0.15) is 17.2 Å². The Hall–Kier alpha value is -3.81. The number of H-pyrrole nitrogens is 1. The Morgan fingerprint density at radius 1 is 1.06 bits per heavy atom. The van der Waals surface area contributed by atoms with Gasteiger partial charge in [-0.05, 0) is 61.6 Å². The highest BCUT2D eigenvalue weighted by Crippen LogP contribution is 2.44. The van der Waals surface area contributed by atoms with Crippen LogP contribution in [0.15, 0.2) is 60.9 Å². The van der Waals surface area contributed by atoms with Gasteiger partial charge in [0, 0.05) is 11.5 Å². The molecule has 0 unspecified atom stereocenters. The molecule has 166 valence electrons. The Bertz CT molecular complexity index is 1330. The number of fused-ring (bicyclic) bond motifs is 1. The number of imidazole rings is 1. The highest BCUT2D eigenvalue weighted by Gasteiger charge is 2.48. The number of carbonyl (C=O) groups is 1. The van der Waals surface area contributed by atoms with Gasteiger partial charge < -0.3 is 9.72 Å². The molecule has 1 N–H and O–H groups in total. The molecule has 1 aliphatic carbocycles. The molecule has 1 saturated heterocycles. The molecule has 2 aromatic heterocycles. The topological polar surface area (TPSA) is 84.0 Å². The van der Waals surface area contributed by atoms with E-state index in [0.29, 0.717) is 6.54 Å². The summed E-state index contributed by atoms with van der Waals surface area (Å²) in [6.45, 7) is 0.378. The first-order valence-corrected chi connectivity index (χ1v) is 11.1. The number of nitrogens with one attached hydrogen (secondary N) is 1. The number of amides is 1. The molecule has 0 atom stereocenters. The van der Waals surface area contributed by atoms with Gasteiger partial charge in [0.25, 0.3) is 0 Å². The quantitative estimate of drug-likeness (QED) is 0.470. The van der Waals surface area contributed by atoms with Crippen molar-refractivity contribution in [1.82, 2.24) is 20.2 Å². The summed E-state index contributed by atoms with van der Waals surface area (Å²) in [5.41, 5.74) is 3.68. The normalized spacial score (nSPS) is 22.8. The van der Waals surface area contributed by atoms with Crippen LogP contribution in [-0.4, -0.2) is 38.4 Å². The maximum Gasteiger partial charge on any atom is 0.415 e. The first kappa shape index (κ1) is 19.8. The number of aromatic nitrogens is 4. The molecular formula is C25H22FN5O2. The fourth-order valence-electron chi connectivity index (χ4n) is 5.02. The van der Waals surface area contributed by atoms with E-state index in [1.54, 1.807) is 30.6 Å². The summed E-state index contributed by atoms with van der Waals surface area (Å²) in [5, 5.41) is 7.79. The van der Waals surface area contributed by atoms with E-state index in [1.165, 1.54) is 11.0 Å². The molecule has 6 rings (SSSR count). The first-order chi connectivity index (χ1) is 16.1. The number of hydrogen-bond donors (Lipinski definition) is 1. The van der Waals surface area contributed by atoms with Gasteiger partial charge in [-0.2, -0.15) is 10.2 Å². The van der Waals surface area contributed by atoms with E-state index in [4.69, 9.17) is 9.72 Å². The summed E-state index contributed by atoms with van der Waals surface area (Å²) in [7, 11) is 0. The Kier molecular flexibility index (Phi) is 4.60. The van der Waals surface area contributed by atoms with Crippen LogP contribution in [0.5, 0.6) is 0 Å². The van der Waals surface area contributed by atoms with E-state index in [2.05, 4.69) is 21.2 Å². The maximum absolute atomic E-state index is 14.2. The number of nitrogens with zero attached hydrogens (tertiary/aromatic N) is 4. The van der Waals surface area contributed by atoms with Crippen LogP contribution in [-0.2, 0) is 4.74 Å². The van der Waals surface area contributed by atoms with Crippen molar-refractivity contribution < 1.29 is 13.9 Å². The van der Waals surface area contributed by atoms with Crippen LogP contribution in [0.4, 0.5) is 14.9 Å². The summed E-state index contributed by atoms with van der Waals surface area (Å²) >= 11 is 0. The number of carbonyl (C=O) groups excluding carboxylic acids is 1. The molecule has 1 saturated carbocycles. The second-order valence-corrected chi connectivity index (χ2v) is 8.85. The summed E-state index contributed by atoms with van der Waals surface area (Å²) in [6, 6.07) is 14.4. The zero-order chi connectivity index (χ0) is 22.4. The summed E-state index contributed by atoms with van der Waals surface area (Å²) in [5.74, 6) is 0.805. The van der Waals surface area contributed by atoms with Gasteiger partial charge in [-0.25, -0.2) is 14.2 Å². The standard InChI is InChI=1S/C25H22FN5O2/c26-19-3-1-2-4-22(19)31-15-25(33-24(31)32)10-7-16(8-11-25)23-29-20-6-5-17(13-21(20)30-23)18-9-12-27-28-14-18/h1-6,9,12-14,16H,7-8,10-11,15H2,(H,29,30). The van der Waals surface area contributed by atoms with Gasteiger partial charge in [-0.1, -0.05) is 18.2 Å². The van der Waals surface area contributed by atoms with E-state index in [9.17, 15) is 9.18 Å². The van der Waals surface area contributed by atoms with Gasteiger partial charge in [0.15, 0.2) is 0 Å². The van der Waals surface area contributed by atoms with Crippen LogP contribution in [0.25, 0.3) is 22.2 Å². The Morgan fingerprint density at radius 2 is 1.91 bits per heavy atom. The second-order valence-electron chi connectivity index (χ2n) is 8.85. The van der Waals surface area contributed by atoms with Crippen molar-refractivity contribution in [2.75, 3.05) is 11.4 Å². The van der Waals surface area contributed by atoms with E-state index >= 15 is 0 Å². The molecule has 2 aromatic carbocycles. The number of ether oxygens (including phenoxy) is 1. The van der Waals surface area contributed by atoms with Crippen LogP contribution < -0.4 is 4.90 Å². The van der Waals surface area contributed by atoms with E-state index in [0.717, 1.165) is 53.7 Å². The van der Waals surface area contributed by atoms with Crippen molar-refractivity contribution in [1.29, 1.82) is 0 Å². The number of anilines is 1. The van der Waals surface area contributed by atoms with Crippen LogP contribution in [0.1, 0.15) is 37.4 Å². The molecule has 2 aliphatic rings. The smallest absolute Gasteiger partial charge is 0.415 e. The molecule has 1 spiro atoms. The molecule has 2 fully saturated rings. The minimum Gasteiger partial charge on any atom is -0.441 e. The van der Waals surface area contributed by atoms with Gasteiger partial charge in [-0.15, -0.1) is 0 Å². The number of rotatable bonds is 3. The molecule has 0 radical (unpaired) electrons. The van der Waals surface area contributed by atoms with Gasteiger partial charge in [0.05, 0.1) is 35.7 Å². The van der Waals surface area contributed by atoms with Crippen molar-refractivity contribution in [2.24, 2.45) is 0 Å². The van der Waals surface area contributed by atoms with Gasteiger partial charge in [-0.3, -0.25) is 4.90 Å². The Balaban J connectivity index is 1.19. The number of hydrogen-bond acceptors (Lipinski definition) is 5. The monoisotopic (exact) mass is 443 g/mol. The third-order valence-electron chi connectivity index (χ3n) is 6.82. The van der Waals surface area contributed by atoms with E-state index in [1.807, 2.05) is 18.2 Å². The predicted molar refractivity (Wildman–Crippen MR) is 121 cm³/mol. The van der Waals surface area contributed by atoms with Crippen molar-refractivity contribution in [3.05, 3.63) is 72.6 Å². The number of aromatic amines is 1. The molecule has 0 bridgehead atoms. The van der Waals surface area contributed by atoms with Crippen molar-refractivity contribution >= 4 is 22.8 Å². The highest BCUT2D eigenvalue weighted by molar-refractivity contribution is 5.90. The van der Waals surface area contributed by atoms with E-state index < -0.39 is 17.5 Å². The number of benzene rings is 2. The molecule has 1 aliphatic heterocycles. The van der Waals surface area contributed by atoms with Gasteiger partial charge in [0.2, 0.25) is 0 Å².